The van der Waals surface area contributed by atoms with Crippen LogP contribution in [0.25, 0.3) is 0 Å². The Morgan fingerprint density at radius 2 is 1.45 bits per heavy atom. The molecule has 42 heavy (non-hydrogen) atoms. The minimum Gasteiger partial charge on any atom is -0.354 e. The van der Waals surface area contributed by atoms with E-state index in [-0.39, 0.29) is 23.8 Å². The molecule has 0 unspecified atom stereocenters. The summed E-state index contributed by atoms with van der Waals surface area (Å²) >= 11 is 0. The largest absolute Gasteiger partial charge is 0.354 e. The highest BCUT2D eigenvalue weighted by Gasteiger charge is 2.33. The Kier molecular flexibility index (Phi) is 11.0. The summed E-state index contributed by atoms with van der Waals surface area (Å²) in [6.07, 6.45) is 1.39. The number of benzene rings is 3. The van der Waals surface area contributed by atoms with Crippen molar-refractivity contribution < 1.29 is 18.0 Å². The number of nitrogens with one attached hydrogen (secondary N) is 1. The van der Waals surface area contributed by atoms with Crippen molar-refractivity contribution in [3.05, 3.63) is 101 Å². The van der Waals surface area contributed by atoms with Gasteiger partial charge in [0.25, 0.3) is 0 Å². The van der Waals surface area contributed by atoms with Gasteiger partial charge in [-0.2, -0.15) is 0 Å². The van der Waals surface area contributed by atoms with E-state index in [2.05, 4.69) is 26.1 Å². The fourth-order valence-corrected chi connectivity index (χ4v) is 5.46. The van der Waals surface area contributed by atoms with Crippen molar-refractivity contribution >= 4 is 27.5 Å². The number of hydrogen-bond donors (Lipinski definition) is 1. The first kappa shape index (κ1) is 32.9. The second-order valence-electron chi connectivity index (χ2n) is 12.4. The molecular formula is C34H45N3O4S. The Morgan fingerprint density at radius 3 is 1.98 bits per heavy atom. The molecule has 0 spiro atoms. The van der Waals surface area contributed by atoms with E-state index in [1.165, 1.54) is 4.90 Å². The molecule has 0 aliphatic rings. The summed E-state index contributed by atoms with van der Waals surface area (Å²) in [6, 6.07) is 23.7. The average Bonchev–Trinajstić information content (AvgIpc) is 2.92. The maximum atomic E-state index is 14.2. The summed E-state index contributed by atoms with van der Waals surface area (Å²) in [7, 11) is -3.81. The lowest BCUT2D eigenvalue weighted by Crippen LogP contribution is -2.53. The number of sulfonamides is 1. The molecule has 3 rings (SSSR count). The number of aryl methyl sites for hydroxylation is 1. The first-order valence-corrected chi connectivity index (χ1v) is 16.2. The lowest BCUT2D eigenvalue weighted by atomic mass is 9.87. The molecule has 0 aromatic heterocycles. The second-order valence-corrected chi connectivity index (χ2v) is 14.3. The van der Waals surface area contributed by atoms with Crippen molar-refractivity contribution in [1.82, 2.24) is 10.2 Å². The van der Waals surface area contributed by atoms with Crippen molar-refractivity contribution in [3.8, 4) is 0 Å². The number of rotatable bonds is 12. The van der Waals surface area contributed by atoms with E-state index in [4.69, 9.17) is 0 Å². The van der Waals surface area contributed by atoms with Crippen molar-refractivity contribution in [1.29, 1.82) is 0 Å². The number of hydrogen-bond acceptors (Lipinski definition) is 4. The molecule has 0 radical (unpaired) electrons. The first-order chi connectivity index (χ1) is 19.6. The summed E-state index contributed by atoms with van der Waals surface area (Å²) in [5, 5.41) is 3.00. The number of carbonyl (C=O) groups is 2. The van der Waals surface area contributed by atoms with E-state index < -0.39 is 28.5 Å². The molecule has 0 aliphatic carbocycles. The van der Waals surface area contributed by atoms with Crippen LogP contribution in [0.4, 0.5) is 5.69 Å². The smallest absolute Gasteiger partial charge is 0.244 e. The number of nitrogens with zero attached hydrogens (tertiary/aromatic N) is 2. The molecule has 0 heterocycles. The van der Waals surface area contributed by atoms with E-state index in [0.717, 1.165) is 32.8 Å². The van der Waals surface area contributed by atoms with E-state index in [9.17, 15) is 18.0 Å². The monoisotopic (exact) mass is 591 g/mol. The normalized spacial score (nSPS) is 12.6. The highest BCUT2D eigenvalue weighted by Crippen LogP contribution is 2.26. The van der Waals surface area contributed by atoms with Crippen LogP contribution in [0.15, 0.2) is 78.9 Å². The Labute approximate surface area is 252 Å². The van der Waals surface area contributed by atoms with Crippen LogP contribution in [0.3, 0.4) is 0 Å². The predicted octanol–water partition coefficient (Wildman–Crippen LogP) is 5.47. The van der Waals surface area contributed by atoms with Crippen LogP contribution in [0.2, 0.25) is 0 Å². The fraction of sp³-hybridized carbons (Fsp3) is 0.412. The molecular weight excluding hydrogens is 546 g/mol. The molecule has 0 saturated carbocycles. The standard InChI is InChI=1S/C34H45N3O4S/c1-25(2)22-35-33(39)31(21-27-11-9-8-10-12-27)36(23-28-15-13-26(3)14-16-28)32(38)24-37(42(7,40)41)30-19-17-29(18-20-30)34(4,5)6/h8-20,25,31H,21-24H2,1-7H3,(H,35,39)/t31-/m1/s1. The SMILES string of the molecule is Cc1ccc(CN(C(=O)CN(c2ccc(C(C)(C)C)cc2)S(C)(=O)=O)[C@H](Cc2ccccc2)C(=O)NCC(C)C)cc1. The van der Waals surface area contributed by atoms with Crippen molar-refractivity contribution in [2.45, 2.75) is 66.0 Å². The lowest BCUT2D eigenvalue weighted by Gasteiger charge is -2.33. The van der Waals surface area contributed by atoms with Crippen LogP contribution in [-0.2, 0) is 38.0 Å². The summed E-state index contributed by atoms with van der Waals surface area (Å²) in [4.78, 5) is 29.4. The maximum Gasteiger partial charge on any atom is 0.244 e. The fourth-order valence-electron chi connectivity index (χ4n) is 4.61. The number of amides is 2. The topological polar surface area (TPSA) is 86.8 Å². The molecule has 0 bridgehead atoms. The summed E-state index contributed by atoms with van der Waals surface area (Å²) < 4.78 is 27.2. The molecule has 8 heteroatoms. The Bertz CT molecular complexity index is 1430. The van der Waals surface area contributed by atoms with Gasteiger partial charge in [0.1, 0.15) is 12.6 Å². The highest BCUT2D eigenvalue weighted by atomic mass is 32.2. The molecule has 3 aromatic rings. The van der Waals surface area contributed by atoms with Crippen LogP contribution in [-0.4, -0.2) is 50.5 Å². The molecule has 1 atom stereocenters. The molecule has 3 aromatic carbocycles. The third-order valence-electron chi connectivity index (χ3n) is 7.13. The zero-order valence-corrected chi connectivity index (χ0v) is 26.7. The van der Waals surface area contributed by atoms with Gasteiger partial charge in [-0.25, -0.2) is 8.42 Å². The second kappa shape index (κ2) is 14.0. The Balaban J connectivity index is 2.04. The van der Waals surface area contributed by atoms with E-state index >= 15 is 0 Å². The van der Waals surface area contributed by atoms with Gasteiger partial charge in [-0.15, -0.1) is 0 Å². The van der Waals surface area contributed by atoms with Crippen molar-refractivity contribution in [2.75, 3.05) is 23.7 Å². The predicted molar refractivity (Wildman–Crippen MR) is 171 cm³/mol. The zero-order chi connectivity index (χ0) is 31.1. The molecule has 0 saturated heterocycles. The molecule has 1 N–H and O–H groups in total. The van der Waals surface area contributed by atoms with E-state index in [0.29, 0.717) is 18.7 Å². The van der Waals surface area contributed by atoms with Gasteiger partial charge in [-0.3, -0.25) is 13.9 Å². The highest BCUT2D eigenvalue weighted by molar-refractivity contribution is 7.92. The zero-order valence-electron chi connectivity index (χ0n) is 25.9. The minimum atomic E-state index is -3.81. The van der Waals surface area contributed by atoms with Crippen LogP contribution >= 0.6 is 0 Å². The third-order valence-corrected chi connectivity index (χ3v) is 8.27. The van der Waals surface area contributed by atoms with E-state index in [1.807, 2.05) is 87.5 Å². The maximum absolute atomic E-state index is 14.2. The summed E-state index contributed by atoms with van der Waals surface area (Å²) in [5.41, 5.74) is 4.18. The van der Waals surface area contributed by atoms with E-state index in [1.54, 1.807) is 12.1 Å². The van der Waals surface area contributed by atoms with Crippen LogP contribution in [0.1, 0.15) is 56.9 Å². The van der Waals surface area contributed by atoms with Gasteiger partial charge in [-0.05, 0) is 47.1 Å². The molecule has 7 nitrogen and oxygen atoms in total. The molecule has 226 valence electrons. The third kappa shape index (κ3) is 9.44. The van der Waals surface area contributed by atoms with Crippen LogP contribution in [0, 0.1) is 12.8 Å². The summed E-state index contributed by atoms with van der Waals surface area (Å²) in [6.45, 7) is 12.5. The number of carbonyl (C=O) groups excluding carboxylic acids is 2. The van der Waals surface area contributed by atoms with Crippen molar-refractivity contribution in [3.63, 3.8) is 0 Å². The van der Waals surface area contributed by atoms with Gasteiger partial charge in [-0.1, -0.05) is 107 Å². The van der Waals surface area contributed by atoms with Gasteiger partial charge in [0.15, 0.2) is 0 Å². The van der Waals surface area contributed by atoms with Crippen molar-refractivity contribution in [2.24, 2.45) is 5.92 Å². The molecule has 0 fully saturated rings. The van der Waals surface area contributed by atoms with Gasteiger partial charge in [0.2, 0.25) is 21.8 Å². The Hall–Kier alpha value is -3.65. The van der Waals surface area contributed by atoms with Gasteiger partial charge in [0, 0.05) is 19.5 Å². The number of anilines is 1. The van der Waals surface area contributed by atoms with Crippen LogP contribution in [0.5, 0.6) is 0 Å². The molecule has 2 amide bonds. The van der Waals surface area contributed by atoms with Gasteiger partial charge < -0.3 is 10.2 Å². The molecule has 0 aliphatic heterocycles. The summed E-state index contributed by atoms with van der Waals surface area (Å²) in [5.74, 6) is -0.501. The lowest BCUT2D eigenvalue weighted by molar-refractivity contribution is -0.140. The van der Waals surface area contributed by atoms with Gasteiger partial charge >= 0.3 is 0 Å². The first-order valence-electron chi connectivity index (χ1n) is 14.4. The average molecular weight is 592 g/mol. The Morgan fingerprint density at radius 1 is 0.857 bits per heavy atom. The van der Waals surface area contributed by atoms with Gasteiger partial charge in [0.05, 0.1) is 11.9 Å². The quantitative estimate of drug-likeness (QED) is 0.303. The minimum absolute atomic E-state index is 0.108. The van der Waals surface area contributed by atoms with Crippen LogP contribution < -0.4 is 9.62 Å².